The highest BCUT2D eigenvalue weighted by atomic mass is 16.1. The summed E-state index contributed by atoms with van der Waals surface area (Å²) in [5, 5.41) is 2.84. The van der Waals surface area contributed by atoms with E-state index in [4.69, 9.17) is 0 Å². The summed E-state index contributed by atoms with van der Waals surface area (Å²) in [6, 6.07) is 10.1. The van der Waals surface area contributed by atoms with Crippen LogP contribution in [-0.2, 0) is 4.79 Å². The number of hydrogen-bond acceptors (Lipinski definition) is 1. The third-order valence-electron chi connectivity index (χ3n) is 2.33. The molecule has 0 aromatic heterocycles. The third-order valence-corrected chi connectivity index (χ3v) is 2.33. The molecule has 0 fully saturated rings. The fraction of sp³-hybridized carbons (Fsp3) is 0.308. The van der Waals surface area contributed by atoms with Crippen molar-refractivity contribution in [2.45, 2.75) is 19.8 Å². The monoisotopic (exact) mass is 203 g/mol. The van der Waals surface area contributed by atoms with Gasteiger partial charge in [0, 0.05) is 12.1 Å². The van der Waals surface area contributed by atoms with E-state index in [1.807, 2.05) is 18.2 Å². The van der Waals surface area contributed by atoms with Gasteiger partial charge >= 0.3 is 0 Å². The Bertz CT molecular complexity index is 343. The van der Waals surface area contributed by atoms with Crippen LogP contribution in [0.15, 0.2) is 42.5 Å². The molecule has 1 rings (SSSR count). The Labute approximate surface area is 91.0 Å². The van der Waals surface area contributed by atoms with Gasteiger partial charge in [0.25, 0.3) is 0 Å². The van der Waals surface area contributed by atoms with Crippen molar-refractivity contribution in [3.05, 3.63) is 48.0 Å². The van der Waals surface area contributed by atoms with E-state index in [1.54, 1.807) is 6.92 Å². The van der Waals surface area contributed by atoms with Gasteiger partial charge in [-0.3, -0.25) is 4.79 Å². The molecule has 0 spiro atoms. The molecular formula is C13H17NO. The summed E-state index contributed by atoms with van der Waals surface area (Å²) < 4.78 is 0. The van der Waals surface area contributed by atoms with Crippen molar-refractivity contribution in [2.24, 2.45) is 0 Å². The number of carbonyl (C=O) groups is 1. The van der Waals surface area contributed by atoms with E-state index < -0.39 is 0 Å². The molecule has 1 aromatic rings. The lowest BCUT2D eigenvalue weighted by Gasteiger charge is -2.12. The van der Waals surface area contributed by atoms with Crippen LogP contribution in [0.4, 0.5) is 0 Å². The molecule has 1 unspecified atom stereocenters. The lowest BCUT2D eigenvalue weighted by molar-refractivity contribution is -0.117. The summed E-state index contributed by atoms with van der Waals surface area (Å²) in [5.41, 5.74) is 1.79. The molecular weight excluding hydrogens is 186 g/mol. The van der Waals surface area contributed by atoms with Crippen molar-refractivity contribution in [1.82, 2.24) is 5.32 Å². The number of carbonyl (C=O) groups excluding carboxylic acids is 1. The molecule has 0 aliphatic carbocycles. The Morgan fingerprint density at radius 2 is 2.00 bits per heavy atom. The van der Waals surface area contributed by atoms with Gasteiger partial charge in [-0.1, -0.05) is 43.8 Å². The molecule has 15 heavy (non-hydrogen) atoms. The van der Waals surface area contributed by atoms with Crippen LogP contribution in [0.25, 0.3) is 0 Å². The average Bonchev–Trinajstić information content (AvgIpc) is 2.26. The van der Waals surface area contributed by atoms with Crippen LogP contribution in [0, 0.1) is 0 Å². The van der Waals surface area contributed by atoms with Crippen molar-refractivity contribution in [1.29, 1.82) is 0 Å². The van der Waals surface area contributed by atoms with Gasteiger partial charge in [0.2, 0.25) is 5.91 Å². The van der Waals surface area contributed by atoms with Gasteiger partial charge in [-0.2, -0.15) is 0 Å². The second kappa shape index (κ2) is 5.35. The molecule has 0 bridgehead atoms. The number of amides is 1. The van der Waals surface area contributed by atoms with Crippen LogP contribution < -0.4 is 5.32 Å². The molecule has 0 radical (unpaired) electrons. The van der Waals surface area contributed by atoms with E-state index in [0.29, 0.717) is 18.0 Å². The van der Waals surface area contributed by atoms with Crippen LogP contribution in [0.1, 0.15) is 25.3 Å². The molecule has 1 N–H and O–H groups in total. The van der Waals surface area contributed by atoms with Gasteiger partial charge in [0.1, 0.15) is 0 Å². The van der Waals surface area contributed by atoms with Gasteiger partial charge in [0.05, 0.1) is 0 Å². The molecule has 2 heteroatoms. The number of rotatable bonds is 4. The minimum atomic E-state index is -0.0715. The predicted octanol–water partition coefficient (Wildman–Crippen LogP) is 2.48. The number of benzene rings is 1. The van der Waals surface area contributed by atoms with Crippen molar-refractivity contribution >= 4 is 5.91 Å². The van der Waals surface area contributed by atoms with Gasteiger partial charge in [-0.05, 0) is 18.4 Å². The highest BCUT2D eigenvalue weighted by Crippen LogP contribution is 2.12. The molecule has 0 aliphatic rings. The van der Waals surface area contributed by atoms with E-state index in [0.717, 1.165) is 0 Å². The topological polar surface area (TPSA) is 29.1 Å². The third kappa shape index (κ3) is 3.58. The zero-order valence-electron chi connectivity index (χ0n) is 9.29. The van der Waals surface area contributed by atoms with Gasteiger partial charge < -0.3 is 5.32 Å². The summed E-state index contributed by atoms with van der Waals surface area (Å²) in [4.78, 5) is 11.3. The summed E-state index contributed by atoms with van der Waals surface area (Å²) in [6.45, 7) is 8.04. The maximum Gasteiger partial charge on any atom is 0.246 e. The SMILES string of the molecule is C=C(C)C(=O)NCC(C)c1ccccc1. The fourth-order valence-corrected chi connectivity index (χ4v) is 1.30. The lowest BCUT2D eigenvalue weighted by Crippen LogP contribution is -2.27. The Morgan fingerprint density at radius 1 is 1.40 bits per heavy atom. The molecule has 80 valence electrons. The van der Waals surface area contributed by atoms with Crippen LogP contribution in [0.2, 0.25) is 0 Å². The van der Waals surface area contributed by atoms with Crippen LogP contribution >= 0.6 is 0 Å². The molecule has 0 aliphatic heterocycles. The van der Waals surface area contributed by atoms with Crippen LogP contribution in [0.5, 0.6) is 0 Å². The zero-order chi connectivity index (χ0) is 11.3. The van der Waals surface area contributed by atoms with Gasteiger partial charge in [-0.15, -0.1) is 0 Å². The summed E-state index contributed by atoms with van der Waals surface area (Å²) in [5.74, 6) is 0.257. The summed E-state index contributed by atoms with van der Waals surface area (Å²) >= 11 is 0. The first-order valence-electron chi connectivity index (χ1n) is 5.10. The van der Waals surface area contributed by atoms with E-state index in [1.165, 1.54) is 5.56 Å². The molecule has 1 amide bonds. The highest BCUT2D eigenvalue weighted by molar-refractivity contribution is 5.92. The Kier molecular flexibility index (Phi) is 4.10. The first kappa shape index (κ1) is 11.5. The van der Waals surface area contributed by atoms with Crippen molar-refractivity contribution in [3.8, 4) is 0 Å². The first-order valence-corrected chi connectivity index (χ1v) is 5.10. The molecule has 1 atom stereocenters. The van der Waals surface area contributed by atoms with E-state index in [9.17, 15) is 4.79 Å². The Balaban J connectivity index is 2.47. The maximum atomic E-state index is 11.3. The first-order chi connectivity index (χ1) is 7.11. The minimum absolute atomic E-state index is 0.0715. The van der Waals surface area contributed by atoms with Crippen molar-refractivity contribution in [3.63, 3.8) is 0 Å². The van der Waals surface area contributed by atoms with Crippen LogP contribution in [0.3, 0.4) is 0 Å². The lowest BCUT2D eigenvalue weighted by atomic mass is 10.0. The number of hydrogen-bond donors (Lipinski definition) is 1. The zero-order valence-corrected chi connectivity index (χ0v) is 9.29. The summed E-state index contributed by atoms with van der Waals surface area (Å²) in [6.07, 6.45) is 0. The maximum absolute atomic E-state index is 11.3. The Morgan fingerprint density at radius 3 is 2.53 bits per heavy atom. The normalized spacial score (nSPS) is 11.9. The van der Waals surface area contributed by atoms with E-state index in [-0.39, 0.29) is 5.91 Å². The second-order valence-corrected chi connectivity index (χ2v) is 3.80. The molecule has 0 saturated carbocycles. The quantitative estimate of drug-likeness (QED) is 0.748. The number of nitrogens with one attached hydrogen (secondary N) is 1. The minimum Gasteiger partial charge on any atom is -0.352 e. The largest absolute Gasteiger partial charge is 0.352 e. The van der Waals surface area contributed by atoms with E-state index in [2.05, 4.69) is 31.0 Å². The van der Waals surface area contributed by atoms with Crippen molar-refractivity contribution in [2.75, 3.05) is 6.54 Å². The van der Waals surface area contributed by atoms with Crippen LogP contribution in [-0.4, -0.2) is 12.5 Å². The molecule has 2 nitrogen and oxygen atoms in total. The Hall–Kier alpha value is -1.57. The molecule has 1 aromatic carbocycles. The standard InChI is InChI=1S/C13H17NO/c1-10(2)13(15)14-9-11(3)12-7-5-4-6-8-12/h4-8,11H,1,9H2,2-3H3,(H,14,15). The second-order valence-electron chi connectivity index (χ2n) is 3.80. The van der Waals surface area contributed by atoms with Gasteiger partial charge in [-0.25, -0.2) is 0 Å². The fourth-order valence-electron chi connectivity index (χ4n) is 1.30. The smallest absolute Gasteiger partial charge is 0.246 e. The van der Waals surface area contributed by atoms with E-state index >= 15 is 0 Å². The summed E-state index contributed by atoms with van der Waals surface area (Å²) in [7, 11) is 0. The van der Waals surface area contributed by atoms with Crippen molar-refractivity contribution < 1.29 is 4.79 Å². The highest BCUT2D eigenvalue weighted by Gasteiger charge is 2.07. The average molecular weight is 203 g/mol. The van der Waals surface area contributed by atoms with Gasteiger partial charge in [0.15, 0.2) is 0 Å². The molecule has 0 heterocycles. The molecule has 0 saturated heterocycles. The predicted molar refractivity (Wildman–Crippen MR) is 62.7 cm³/mol.